The highest BCUT2D eigenvalue weighted by atomic mass is 16.3. The Hall–Kier alpha value is -0.570. The molecule has 1 heterocycles. The van der Waals surface area contributed by atoms with Gasteiger partial charge in [-0.2, -0.15) is 0 Å². The van der Waals surface area contributed by atoms with Crippen LogP contribution in [0.2, 0.25) is 0 Å². The summed E-state index contributed by atoms with van der Waals surface area (Å²) in [5.74, 6) is 0.403. The molecule has 1 saturated heterocycles. The Bertz CT molecular complexity index is 234. The van der Waals surface area contributed by atoms with Gasteiger partial charge in [0.1, 0.15) is 6.23 Å². The van der Waals surface area contributed by atoms with E-state index >= 15 is 0 Å². The molecule has 0 aromatic carbocycles. The van der Waals surface area contributed by atoms with Crippen molar-refractivity contribution in [3.63, 3.8) is 0 Å². The summed E-state index contributed by atoms with van der Waals surface area (Å²) in [6.45, 7) is 0.760. The Balaban J connectivity index is 1.91. The number of hydrogen-bond donors (Lipinski definition) is 1. The van der Waals surface area contributed by atoms with Crippen molar-refractivity contribution in [1.29, 1.82) is 0 Å². The van der Waals surface area contributed by atoms with E-state index in [4.69, 9.17) is 0 Å². The molecule has 1 amide bonds. The molecule has 16 heavy (non-hydrogen) atoms. The number of amides is 1. The first kappa shape index (κ1) is 11.9. The second-order valence-electron chi connectivity index (χ2n) is 5.20. The standard InChI is InChI=1S/C13H23NO2/c15-12-9-6-10-14(12)13(16)11-7-4-2-1-3-5-8-11/h11-12,15H,1-10H2. The van der Waals surface area contributed by atoms with E-state index in [0.29, 0.717) is 0 Å². The van der Waals surface area contributed by atoms with Gasteiger partial charge in [-0.05, 0) is 25.7 Å². The minimum atomic E-state index is -0.502. The van der Waals surface area contributed by atoms with Crippen LogP contribution in [0.3, 0.4) is 0 Å². The molecule has 1 atom stereocenters. The number of carbonyl (C=O) groups excluding carboxylic acids is 1. The molecule has 2 fully saturated rings. The molecule has 3 nitrogen and oxygen atoms in total. The lowest BCUT2D eigenvalue weighted by atomic mass is 9.90. The third-order valence-corrected chi connectivity index (χ3v) is 3.96. The Kier molecular flexibility index (Phi) is 4.22. The van der Waals surface area contributed by atoms with E-state index in [9.17, 15) is 9.90 Å². The molecule has 0 aromatic heterocycles. The van der Waals surface area contributed by atoms with Crippen LogP contribution >= 0.6 is 0 Å². The van der Waals surface area contributed by atoms with E-state index in [2.05, 4.69) is 0 Å². The van der Waals surface area contributed by atoms with E-state index in [0.717, 1.165) is 32.2 Å². The smallest absolute Gasteiger partial charge is 0.227 e. The minimum Gasteiger partial charge on any atom is -0.374 e. The van der Waals surface area contributed by atoms with Gasteiger partial charge in [-0.25, -0.2) is 0 Å². The molecule has 1 saturated carbocycles. The lowest BCUT2D eigenvalue weighted by Crippen LogP contribution is -2.39. The number of rotatable bonds is 1. The summed E-state index contributed by atoms with van der Waals surface area (Å²) in [5.41, 5.74) is 0. The fourth-order valence-corrected chi connectivity index (χ4v) is 2.94. The quantitative estimate of drug-likeness (QED) is 0.744. The first-order valence-corrected chi connectivity index (χ1v) is 6.77. The maximum atomic E-state index is 12.2. The topological polar surface area (TPSA) is 40.5 Å². The summed E-state index contributed by atoms with van der Waals surface area (Å²) in [7, 11) is 0. The summed E-state index contributed by atoms with van der Waals surface area (Å²) >= 11 is 0. The van der Waals surface area contributed by atoms with Crippen molar-refractivity contribution in [3.05, 3.63) is 0 Å². The van der Waals surface area contributed by atoms with E-state index < -0.39 is 6.23 Å². The van der Waals surface area contributed by atoms with E-state index in [-0.39, 0.29) is 11.8 Å². The van der Waals surface area contributed by atoms with Crippen LogP contribution in [0.15, 0.2) is 0 Å². The van der Waals surface area contributed by atoms with Crippen molar-refractivity contribution in [3.8, 4) is 0 Å². The maximum absolute atomic E-state index is 12.2. The molecular formula is C13H23NO2. The third kappa shape index (κ3) is 2.76. The predicted molar refractivity (Wildman–Crippen MR) is 62.8 cm³/mol. The highest BCUT2D eigenvalue weighted by Gasteiger charge is 2.31. The molecule has 1 aliphatic heterocycles. The van der Waals surface area contributed by atoms with Crippen LogP contribution in [-0.2, 0) is 4.79 Å². The van der Waals surface area contributed by atoms with E-state index in [1.54, 1.807) is 4.90 Å². The lowest BCUT2D eigenvalue weighted by molar-refractivity contribution is -0.143. The monoisotopic (exact) mass is 225 g/mol. The molecule has 0 bridgehead atoms. The average Bonchev–Trinajstić information content (AvgIpc) is 2.63. The van der Waals surface area contributed by atoms with Gasteiger partial charge in [-0.1, -0.05) is 32.1 Å². The SMILES string of the molecule is O=C(C1CCCCCCC1)N1CCCC1O. The maximum Gasteiger partial charge on any atom is 0.227 e. The van der Waals surface area contributed by atoms with Gasteiger partial charge in [-0.3, -0.25) is 4.79 Å². The Morgan fingerprint density at radius 2 is 1.56 bits per heavy atom. The second kappa shape index (κ2) is 5.67. The number of nitrogens with zero attached hydrogens (tertiary/aromatic N) is 1. The van der Waals surface area contributed by atoms with Crippen molar-refractivity contribution in [1.82, 2.24) is 4.90 Å². The van der Waals surface area contributed by atoms with Gasteiger partial charge in [0.25, 0.3) is 0 Å². The van der Waals surface area contributed by atoms with Crippen LogP contribution in [-0.4, -0.2) is 28.7 Å². The van der Waals surface area contributed by atoms with Crippen LogP contribution in [0.1, 0.15) is 57.8 Å². The fraction of sp³-hybridized carbons (Fsp3) is 0.923. The molecule has 1 aliphatic carbocycles. The van der Waals surface area contributed by atoms with Crippen molar-refractivity contribution in [2.24, 2.45) is 5.92 Å². The summed E-state index contributed by atoms with van der Waals surface area (Å²) in [6.07, 6.45) is 9.51. The largest absolute Gasteiger partial charge is 0.374 e. The van der Waals surface area contributed by atoms with Gasteiger partial charge < -0.3 is 10.0 Å². The molecule has 1 N–H and O–H groups in total. The van der Waals surface area contributed by atoms with Gasteiger partial charge in [0.2, 0.25) is 5.91 Å². The van der Waals surface area contributed by atoms with Crippen LogP contribution < -0.4 is 0 Å². The zero-order chi connectivity index (χ0) is 11.4. The highest BCUT2D eigenvalue weighted by Crippen LogP contribution is 2.26. The molecule has 0 aromatic rings. The molecular weight excluding hydrogens is 202 g/mol. The molecule has 1 unspecified atom stereocenters. The van der Waals surface area contributed by atoms with Crippen LogP contribution in [0.5, 0.6) is 0 Å². The lowest BCUT2D eigenvalue weighted by Gasteiger charge is -2.27. The number of hydrogen-bond acceptors (Lipinski definition) is 2. The molecule has 2 rings (SSSR count). The Morgan fingerprint density at radius 3 is 2.12 bits per heavy atom. The van der Waals surface area contributed by atoms with E-state index in [1.165, 1.54) is 32.1 Å². The predicted octanol–water partition coefficient (Wildman–Crippen LogP) is 2.29. The fourth-order valence-electron chi connectivity index (χ4n) is 2.94. The Labute approximate surface area is 97.8 Å². The second-order valence-corrected chi connectivity index (χ2v) is 5.20. The van der Waals surface area contributed by atoms with Gasteiger partial charge in [0.15, 0.2) is 0 Å². The van der Waals surface area contributed by atoms with Crippen molar-refractivity contribution >= 4 is 5.91 Å². The number of likely N-dealkylation sites (tertiary alicyclic amines) is 1. The normalized spacial score (nSPS) is 28.8. The van der Waals surface area contributed by atoms with Gasteiger partial charge in [0, 0.05) is 12.5 Å². The van der Waals surface area contributed by atoms with Gasteiger partial charge >= 0.3 is 0 Å². The van der Waals surface area contributed by atoms with Crippen molar-refractivity contribution in [2.45, 2.75) is 64.0 Å². The zero-order valence-electron chi connectivity index (χ0n) is 10.0. The Morgan fingerprint density at radius 1 is 0.938 bits per heavy atom. The molecule has 92 valence electrons. The molecule has 3 heteroatoms. The number of carbonyl (C=O) groups is 1. The first-order valence-electron chi connectivity index (χ1n) is 6.77. The van der Waals surface area contributed by atoms with E-state index in [1.807, 2.05) is 0 Å². The first-order chi connectivity index (χ1) is 7.79. The molecule has 2 aliphatic rings. The number of aliphatic hydroxyl groups excluding tert-OH is 1. The average molecular weight is 225 g/mol. The van der Waals surface area contributed by atoms with Gasteiger partial charge in [0.05, 0.1) is 0 Å². The van der Waals surface area contributed by atoms with Crippen LogP contribution in [0.25, 0.3) is 0 Å². The van der Waals surface area contributed by atoms with Crippen LogP contribution in [0.4, 0.5) is 0 Å². The summed E-state index contributed by atoms with van der Waals surface area (Å²) in [6, 6.07) is 0. The van der Waals surface area contributed by atoms with Crippen molar-refractivity contribution in [2.75, 3.05) is 6.54 Å². The third-order valence-electron chi connectivity index (χ3n) is 3.96. The summed E-state index contributed by atoms with van der Waals surface area (Å²) < 4.78 is 0. The highest BCUT2D eigenvalue weighted by molar-refractivity contribution is 5.79. The van der Waals surface area contributed by atoms with Gasteiger partial charge in [-0.15, -0.1) is 0 Å². The summed E-state index contributed by atoms with van der Waals surface area (Å²) in [4.78, 5) is 13.9. The van der Waals surface area contributed by atoms with Crippen molar-refractivity contribution < 1.29 is 9.90 Å². The molecule has 0 radical (unpaired) electrons. The minimum absolute atomic E-state index is 0.188. The summed E-state index contributed by atoms with van der Waals surface area (Å²) in [5, 5.41) is 9.72. The zero-order valence-corrected chi connectivity index (χ0v) is 10.0. The molecule has 0 spiro atoms. The van der Waals surface area contributed by atoms with Crippen LogP contribution in [0, 0.1) is 5.92 Å². The number of aliphatic hydroxyl groups is 1.